The van der Waals surface area contributed by atoms with Gasteiger partial charge >= 0.3 is 0 Å². The summed E-state index contributed by atoms with van der Waals surface area (Å²) in [6.07, 6.45) is 7.77. The van der Waals surface area contributed by atoms with Gasteiger partial charge in [-0.3, -0.25) is 4.90 Å². The lowest BCUT2D eigenvalue weighted by Crippen LogP contribution is -2.39. The van der Waals surface area contributed by atoms with Crippen molar-refractivity contribution in [1.29, 1.82) is 0 Å². The summed E-state index contributed by atoms with van der Waals surface area (Å²) >= 11 is 1.36. The first-order valence-electron chi connectivity index (χ1n) is 9.45. The van der Waals surface area contributed by atoms with E-state index < -0.39 is 10.0 Å². The van der Waals surface area contributed by atoms with E-state index in [9.17, 15) is 8.42 Å². The first-order valence-corrected chi connectivity index (χ1v) is 11.7. The first-order chi connectivity index (χ1) is 12.5. The molecule has 0 amide bonds. The molecule has 0 bridgehead atoms. The lowest BCUT2D eigenvalue weighted by molar-refractivity contribution is 0.199. The zero-order valence-corrected chi connectivity index (χ0v) is 17.3. The molecule has 5 nitrogen and oxygen atoms in total. The van der Waals surface area contributed by atoms with Gasteiger partial charge in [-0.25, -0.2) is 13.1 Å². The number of nitrogens with zero attached hydrogens (tertiary/aromatic N) is 2. The summed E-state index contributed by atoms with van der Waals surface area (Å²) in [4.78, 5) is 3.54. The Hall–Kier alpha value is -1.15. The van der Waals surface area contributed by atoms with E-state index in [2.05, 4.69) is 20.3 Å². The van der Waals surface area contributed by atoms with Gasteiger partial charge in [-0.05, 0) is 56.6 Å². The van der Waals surface area contributed by atoms with E-state index in [-0.39, 0.29) is 6.04 Å². The molecule has 1 N–H and O–H groups in total. The van der Waals surface area contributed by atoms with Crippen LogP contribution in [0.15, 0.2) is 34.7 Å². The summed E-state index contributed by atoms with van der Waals surface area (Å²) < 4.78 is 30.9. The Labute approximate surface area is 161 Å². The van der Waals surface area contributed by atoms with Gasteiger partial charge in [0, 0.05) is 30.4 Å². The van der Waals surface area contributed by atoms with E-state index >= 15 is 0 Å². The quantitative estimate of drug-likeness (QED) is 0.780. The number of hydrogen-bond acceptors (Lipinski definition) is 4. The molecule has 26 heavy (non-hydrogen) atoms. The maximum atomic E-state index is 12.7. The van der Waals surface area contributed by atoms with Gasteiger partial charge in [-0.1, -0.05) is 19.8 Å². The molecule has 1 fully saturated rings. The van der Waals surface area contributed by atoms with Crippen LogP contribution < -0.4 is 4.72 Å². The van der Waals surface area contributed by atoms with E-state index in [4.69, 9.17) is 0 Å². The van der Waals surface area contributed by atoms with E-state index in [1.54, 1.807) is 6.07 Å². The molecule has 1 aliphatic rings. The topological polar surface area (TPSA) is 54.3 Å². The molecule has 1 aliphatic heterocycles. The van der Waals surface area contributed by atoms with Crippen molar-refractivity contribution in [3.05, 3.63) is 41.0 Å². The monoisotopic (exact) mass is 395 g/mol. The molecule has 2 aromatic heterocycles. The molecule has 1 unspecified atom stereocenters. The van der Waals surface area contributed by atoms with Crippen molar-refractivity contribution in [2.45, 2.75) is 49.3 Å². The van der Waals surface area contributed by atoms with E-state index in [0.717, 1.165) is 30.1 Å². The third-order valence-electron chi connectivity index (χ3n) is 5.12. The molecule has 0 aromatic carbocycles. The number of nitrogens with one attached hydrogen (secondary N) is 1. The second-order valence-electron chi connectivity index (χ2n) is 6.94. The van der Waals surface area contributed by atoms with Crippen LogP contribution in [0.4, 0.5) is 0 Å². The minimum Gasteiger partial charge on any atom is -0.353 e. The molecule has 0 radical (unpaired) electrons. The summed E-state index contributed by atoms with van der Waals surface area (Å²) in [6, 6.07) is 7.82. The Balaban J connectivity index is 1.78. The molecule has 0 aliphatic carbocycles. The highest BCUT2D eigenvalue weighted by molar-refractivity contribution is 7.91. The van der Waals surface area contributed by atoms with E-state index in [1.165, 1.54) is 37.0 Å². The smallest absolute Gasteiger partial charge is 0.250 e. The van der Waals surface area contributed by atoms with Crippen molar-refractivity contribution in [3.63, 3.8) is 0 Å². The maximum absolute atomic E-state index is 12.7. The van der Waals surface area contributed by atoms with Gasteiger partial charge in [-0.15, -0.1) is 11.3 Å². The van der Waals surface area contributed by atoms with Gasteiger partial charge in [0.25, 0.3) is 0 Å². The SMILES string of the molecule is CCc1ccc(S(=O)(=O)NCC(c2cccn2C)N2CCCCCC2)s1. The van der Waals surface area contributed by atoms with Gasteiger partial charge in [0.15, 0.2) is 0 Å². The molecule has 1 saturated heterocycles. The predicted molar refractivity (Wildman–Crippen MR) is 107 cm³/mol. The predicted octanol–water partition coefficient (Wildman–Crippen LogP) is 3.54. The molecular weight excluding hydrogens is 366 g/mol. The molecule has 3 rings (SSSR count). The number of thiophene rings is 1. The summed E-state index contributed by atoms with van der Waals surface area (Å²) in [7, 11) is -1.43. The summed E-state index contributed by atoms with van der Waals surface area (Å²) in [6.45, 7) is 4.49. The fourth-order valence-corrected chi connectivity index (χ4v) is 5.98. The second-order valence-corrected chi connectivity index (χ2v) is 10.1. The molecule has 0 saturated carbocycles. The number of sulfonamides is 1. The van der Waals surface area contributed by atoms with Crippen molar-refractivity contribution in [2.24, 2.45) is 7.05 Å². The first kappa shape index (κ1) is 19.6. The Bertz CT molecular complexity index is 802. The van der Waals surface area contributed by atoms with E-state index in [0.29, 0.717) is 10.8 Å². The second kappa shape index (κ2) is 8.69. The average Bonchev–Trinajstić information content (AvgIpc) is 3.19. The standard InChI is InChI=1S/C19H29N3O2S2/c1-3-16-10-11-19(25-16)26(23,24)20-15-18(17-9-8-12-21(17)2)22-13-6-4-5-7-14-22/h8-12,18,20H,3-7,13-15H2,1-2H3. The van der Waals surface area contributed by atoms with Crippen molar-refractivity contribution >= 4 is 21.4 Å². The molecule has 144 valence electrons. The minimum absolute atomic E-state index is 0.0634. The van der Waals surface area contributed by atoms with Gasteiger partial charge in [0.2, 0.25) is 10.0 Å². The Morgan fingerprint density at radius 1 is 1.15 bits per heavy atom. The minimum atomic E-state index is -3.46. The van der Waals surface area contributed by atoms with E-state index in [1.807, 2.05) is 32.3 Å². The van der Waals surface area contributed by atoms with Crippen LogP contribution in [0.25, 0.3) is 0 Å². The molecule has 7 heteroatoms. The zero-order valence-electron chi connectivity index (χ0n) is 15.6. The highest BCUT2D eigenvalue weighted by Crippen LogP contribution is 2.26. The third kappa shape index (κ3) is 4.57. The Kier molecular flexibility index (Phi) is 6.55. The van der Waals surface area contributed by atoms with Gasteiger partial charge in [0.05, 0.1) is 6.04 Å². The van der Waals surface area contributed by atoms with Crippen LogP contribution >= 0.6 is 11.3 Å². The third-order valence-corrected chi connectivity index (χ3v) is 8.27. The normalized spacial score (nSPS) is 17.9. The van der Waals surface area contributed by atoms with Crippen LogP contribution in [-0.4, -0.2) is 37.5 Å². The van der Waals surface area contributed by atoms with Crippen LogP contribution in [0, 0.1) is 0 Å². The summed E-state index contributed by atoms with van der Waals surface area (Å²) in [5.74, 6) is 0. The summed E-state index contributed by atoms with van der Waals surface area (Å²) in [5.41, 5.74) is 1.16. The van der Waals surface area contributed by atoms with Gasteiger partial charge in [0.1, 0.15) is 4.21 Å². The van der Waals surface area contributed by atoms with Crippen molar-refractivity contribution in [1.82, 2.24) is 14.2 Å². The molecule has 1 atom stereocenters. The zero-order chi connectivity index (χ0) is 18.6. The lowest BCUT2D eigenvalue weighted by atomic mass is 10.1. The summed E-state index contributed by atoms with van der Waals surface area (Å²) in [5, 5.41) is 0. The van der Waals surface area contributed by atoms with Crippen molar-refractivity contribution in [3.8, 4) is 0 Å². The van der Waals surface area contributed by atoms with Crippen molar-refractivity contribution < 1.29 is 8.42 Å². The van der Waals surface area contributed by atoms with Crippen LogP contribution in [0.3, 0.4) is 0 Å². The number of aryl methyl sites for hydroxylation is 2. The molecule has 0 spiro atoms. The van der Waals surface area contributed by atoms with Crippen molar-refractivity contribution in [2.75, 3.05) is 19.6 Å². The van der Waals surface area contributed by atoms with Gasteiger partial charge in [-0.2, -0.15) is 0 Å². The molecule has 2 aromatic rings. The Morgan fingerprint density at radius 2 is 1.88 bits per heavy atom. The average molecular weight is 396 g/mol. The fraction of sp³-hybridized carbons (Fsp3) is 0.579. The number of aromatic nitrogens is 1. The number of likely N-dealkylation sites (tertiary alicyclic amines) is 1. The van der Waals surface area contributed by atoms with Crippen LogP contribution in [-0.2, 0) is 23.5 Å². The highest BCUT2D eigenvalue weighted by atomic mass is 32.2. The van der Waals surface area contributed by atoms with Crippen LogP contribution in [0.5, 0.6) is 0 Å². The molecular formula is C19H29N3O2S2. The Morgan fingerprint density at radius 3 is 2.46 bits per heavy atom. The van der Waals surface area contributed by atoms with Crippen LogP contribution in [0.1, 0.15) is 49.2 Å². The number of rotatable bonds is 7. The highest BCUT2D eigenvalue weighted by Gasteiger charge is 2.26. The fourth-order valence-electron chi connectivity index (χ4n) is 3.60. The lowest BCUT2D eigenvalue weighted by Gasteiger charge is -2.31. The number of hydrogen-bond donors (Lipinski definition) is 1. The largest absolute Gasteiger partial charge is 0.353 e. The van der Waals surface area contributed by atoms with Crippen LogP contribution in [0.2, 0.25) is 0 Å². The van der Waals surface area contributed by atoms with Gasteiger partial charge < -0.3 is 4.57 Å². The maximum Gasteiger partial charge on any atom is 0.250 e. The molecule has 3 heterocycles.